The van der Waals surface area contributed by atoms with Gasteiger partial charge in [0.2, 0.25) is 0 Å². The highest BCUT2D eigenvalue weighted by molar-refractivity contribution is 5.94. The minimum absolute atomic E-state index is 0.0255. The van der Waals surface area contributed by atoms with Crippen LogP contribution in [0.15, 0.2) is 0 Å². The van der Waals surface area contributed by atoms with Crippen molar-refractivity contribution >= 4 is 11.8 Å². The summed E-state index contributed by atoms with van der Waals surface area (Å²) in [4.78, 5) is 26.2. The molecule has 19 heavy (non-hydrogen) atoms. The van der Waals surface area contributed by atoms with Crippen LogP contribution in [0.5, 0.6) is 0 Å². The highest BCUT2D eigenvalue weighted by Crippen LogP contribution is 2.64. The Balaban J connectivity index is 2.15. The Labute approximate surface area is 115 Å². The van der Waals surface area contributed by atoms with E-state index in [4.69, 9.17) is 4.74 Å². The second-order valence-electron chi connectivity index (χ2n) is 6.73. The van der Waals surface area contributed by atoms with E-state index < -0.39 is 0 Å². The molecule has 4 heteroatoms. The van der Waals surface area contributed by atoms with Gasteiger partial charge in [0.25, 0.3) is 0 Å². The van der Waals surface area contributed by atoms with Gasteiger partial charge in [-0.3, -0.25) is 14.5 Å². The number of hydrogen-bond acceptors (Lipinski definition) is 4. The van der Waals surface area contributed by atoms with E-state index in [2.05, 4.69) is 20.8 Å². The zero-order valence-corrected chi connectivity index (χ0v) is 12.7. The lowest BCUT2D eigenvalue weighted by Gasteiger charge is -2.32. The summed E-state index contributed by atoms with van der Waals surface area (Å²) < 4.78 is 4.97. The first-order chi connectivity index (χ1) is 8.75. The molecule has 0 heterocycles. The van der Waals surface area contributed by atoms with E-state index in [1.54, 1.807) is 6.92 Å². The van der Waals surface area contributed by atoms with Crippen LogP contribution >= 0.6 is 0 Å². The lowest BCUT2D eigenvalue weighted by atomic mass is 9.70. The number of carbonyl (C=O) groups excluding carboxylic acids is 2. The molecule has 0 aromatic rings. The molecule has 0 aliphatic heterocycles. The van der Waals surface area contributed by atoms with Crippen molar-refractivity contribution in [2.45, 2.75) is 46.6 Å². The van der Waals surface area contributed by atoms with Crippen molar-refractivity contribution in [2.24, 2.45) is 16.7 Å². The van der Waals surface area contributed by atoms with Crippen LogP contribution in [0.4, 0.5) is 0 Å². The van der Waals surface area contributed by atoms with E-state index in [-0.39, 0.29) is 29.4 Å². The predicted octanol–water partition coefficient (Wildman–Crippen LogP) is 1.88. The molecule has 0 saturated heterocycles. The number of nitrogens with zero attached hydrogens (tertiary/aromatic N) is 1. The molecule has 2 bridgehead atoms. The maximum Gasteiger partial charge on any atom is 0.320 e. The zero-order valence-electron chi connectivity index (χ0n) is 12.7. The molecular weight excluding hydrogens is 242 g/mol. The summed E-state index contributed by atoms with van der Waals surface area (Å²) in [7, 11) is 1.86. The minimum atomic E-state index is -0.247. The first-order valence-corrected chi connectivity index (χ1v) is 7.16. The number of hydrogen-bond donors (Lipinski definition) is 0. The fourth-order valence-corrected chi connectivity index (χ4v) is 4.05. The molecule has 0 radical (unpaired) electrons. The molecule has 0 N–H and O–H groups in total. The number of esters is 1. The molecule has 0 unspecified atom stereocenters. The summed E-state index contributed by atoms with van der Waals surface area (Å²) in [6, 6.07) is -0.127. The number of fused-ring (bicyclic) bond motifs is 2. The van der Waals surface area contributed by atoms with Crippen molar-refractivity contribution in [1.82, 2.24) is 4.90 Å². The lowest BCUT2D eigenvalue weighted by molar-refractivity contribution is -0.145. The average Bonchev–Trinajstić information content (AvgIpc) is 2.61. The van der Waals surface area contributed by atoms with Gasteiger partial charge >= 0.3 is 5.97 Å². The van der Waals surface area contributed by atoms with Gasteiger partial charge in [0, 0.05) is 5.41 Å². The van der Waals surface area contributed by atoms with Gasteiger partial charge in [-0.2, -0.15) is 0 Å². The molecule has 3 atom stereocenters. The number of likely N-dealkylation sites (N-methyl/N-ethyl adjacent to an activating group) is 1. The molecular formula is C15H25NO3. The Bertz CT molecular complexity index is 404. The summed E-state index contributed by atoms with van der Waals surface area (Å²) in [6.07, 6.45) is 2.06. The number of carbonyl (C=O) groups is 2. The van der Waals surface area contributed by atoms with Crippen molar-refractivity contribution in [3.63, 3.8) is 0 Å². The molecule has 0 aromatic carbocycles. The van der Waals surface area contributed by atoms with Gasteiger partial charge in [-0.25, -0.2) is 0 Å². The third kappa shape index (κ3) is 1.92. The van der Waals surface area contributed by atoms with E-state index in [9.17, 15) is 9.59 Å². The standard InChI is InChI=1S/C15H25NO3/c1-6-19-11(17)9-16(5)12-10-7-8-15(4,13(12)18)14(10,2)3/h10,12H,6-9H2,1-5H3/t10-,12+,15-/m1/s1. The fourth-order valence-electron chi connectivity index (χ4n) is 4.05. The van der Waals surface area contributed by atoms with Crippen molar-refractivity contribution < 1.29 is 14.3 Å². The zero-order chi connectivity index (χ0) is 14.4. The third-order valence-electron chi connectivity index (χ3n) is 5.66. The lowest BCUT2D eigenvalue weighted by Crippen LogP contribution is -2.46. The minimum Gasteiger partial charge on any atom is -0.465 e. The van der Waals surface area contributed by atoms with Gasteiger partial charge in [-0.15, -0.1) is 0 Å². The Hall–Kier alpha value is -0.900. The molecule has 2 rings (SSSR count). The van der Waals surface area contributed by atoms with Gasteiger partial charge in [-0.05, 0) is 38.1 Å². The number of ether oxygens (including phenoxy) is 1. The van der Waals surface area contributed by atoms with Crippen molar-refractivity contribution in [2.75, 3.05) is 20.2 Å². The maximum absolute atomic E-state index is 12.7. The van der Waals surface area contributed by atoms with Crippen LogP contribution in [-0.2, 0) is 14.3 Å². The molecule has 0 amide bonds. The van der Waals surface area contributed by atoms with Crippen LogP contribution in [-0.4, -0.2) is 42.9 Å². The molecule has 2 aliphatic rings. The number of rotatable bonds is 4. The smallest absolute Gasteiger partial charge is 0.320 e. The van der Waals surface area contributed by atoms with Crippen molar-refractivity contribution in [1.29, 1.82) is 0 Å². The monoisotopic (exact) mass is 267 g/mol. The second-order valence-corrected chi connectivity index (χ2v) is 6.73. The van der Waals surface area contributed by atoms with Gasteiger partial charge < -0.3 is 4.74 Å². The molecule has 0 spiro atoms. The van der Waals surface area contributed by atoms with Crippen molar-refractivity contribution in [3.8, 4) is 0 Å². The second kappa shape index (κ2) is 4.58. The molecule has 0 aromatic heterocycles. The van der Waals surface area contributed by atoms with Crippen LogP contribution in [0.2, 0.25) is 0 Å². The van der Waals surface area contributed by atoms with E-state index in [0.717, 1.165) is 12.8 Å². The summed E-state index contributed by atoms with van der Waals surface area (Å²) >= 11 is 0. The first-order valence-electron chi connectivity index (χ1n) is 7.16. The predicted molar refractivity (Wildman–Crippen MR) is 72.7 cm³/mol. The Morgan fingerprint density at radius 2 is 2.05 bits per heavy atom. The Morgan fingerprint density at radius 1 is 1.42 bits per heavy atom. The Morgan fingerprint density at radius 3 is 2.53 bits per heavy atom. The van der Waals surface area contributed by atoms with Crippen LogP contribution in [0, 0.1) is 16.7 Å². The summed E-state index contributed by atoms with van der Waals surface area (Å²) in [5, 5.41) is 0. The quantitative estimate of drug-likeness (QED) is 0.730. The van der Waals surface area contributed by atoms with Crippen LogP contribution in [0.1, 0.15) is 40.5 Å². The third-order valence-corrected chi connectivity index (χ3v) is 5.66. The molecule has 2 aliphatic carbocycles. The molecule has 108 valence electrons. The summed E-state index contributed by atoms with van der Waals surface area (Å²) in [5.41, 5.74) is -0.205. The van der Waals surface area contributed by atoms with E-state index in [1.165, 1.54) is 0 Å². The number of ketones is 1. The van der Waals surface area contributed by atoms with Gasteiger partial charge in [0.15, 0.2) is 5.78 Å². The van der Waals surface area contributed by atoms with Crippen LogP contribution in [0.25, 0.3) is 0 Å². The van der Waals surface area contributed by atoms with Gasteiger partial charge in [0.05, 0.1) is 19.2 Å². The molecule has 2 saturated carbocycles. The topological polar surface area (TPSA) is 46.6 Å². The fraction of sp³-hybridized carbons (Fsp3) is 0.867. The van der Waals surface area contributed by atoms with E-state index >= 15 is 0 Å². The molecule has 4 nitrogen and oxygen atoms in total. The maximum atomic E-state index is 12.7. The van der Waals surface area contributed by atoms with Gasteiger partial charge in [0.1, 0.15) is 0 Å². The van der Waals surface area contributed by atoms with Crippen LogP contribution < -0.4 is 0 Å². The number of Topliss-reactive ketones (excluding diaryl/α,β-unsaturated/α-hetero) is 1. The average molecular weight is 267 g/mol. The normalized spacial score (nSPS) is 36.0. The van der Waals surface area contributed by atoms with Crippen molar-refractivity contribution in [3.05, 3.63) is 0 Å². The van der Waals surface area contributed by atoms with Crippen LogP contribution in [0.3, 0.4) is 0 Å². The largest absolute Gasteiger partial charge is 0.465 e. The summed E-state index contributed by atoms with van der Waals surface area (Å²) in [5.74, 6) is 0.411. The molecule has 2 fully saturated rings. The SMILES string of the molecule is CCOC(=O)CN(C)[C@@H]1C(=O)[C@@]2(C)CC[C@H]1C2(C)C. The highest BCUT2D eigenvalue weighted by Gasteiger charge is 2.66. The summed E-state index contributed by atoms with van der Waals surface area (Å²) in [6.45, 7) is 8.87. The Kier molecular flexibility index (Phi) is 3.50. The van der Waals surface area contributed by atoms with Gasteiger partial charge in [-0.1, -0.05) is 20.8 Å². The highest BCUT2D eigenvalue weighted by atomic mass is 16.5. The van der Waals surface area contributed by atoms with E-state index in [1.807, 2.05) is 11.9 Å². The first kappa shape index (κ1) is 14.5. The van der Waals surface area contributed by atoms with E-state index in [0.29, 0.717) is 18.3 Å².